The summed E-state index contributed by atoms with van der Waals surface area (Å²) in [6, 6.07) is 0.0298. The molecule has 2 heterocycles. The molecular weight excluding hydrogens is 352 g/mol. The van der Waals surface area contributed by atoms with E-state index in [1.165, 1.54) is 9.56 Å². The summed E-state index contributed by atoms with van der Waals surface area (Å²) in [5.41, 5.74) is 0.580. The Morgan fingerprint density at radius 3 is 2.67 bits per heavy atom. The minimum Gasteiger partial charge on any atom is -0.374 e. The normalized spacial score (nSPS) is 12.7. The van der Waals surface area contributed by atoms with Gasteiger partial charge in [0.2, 0.25) is 0 Å². The molecule has 1 atom stereocenters. The Bertz CT molecular complexity index is 680. The van der Waals surface area contributed by atoms with Gasteiger partial charge >= 0.3 is 0 Å². The number of anilines is 1. The van der Waals surface area contributed by atoms with Crippen LogP contribution in [0.4, 0.5) is 5.69 Å². The van der Waals surface area contributed by atoms with Gasteiger partial charge in [-0.05, 0) is 35.7 Å². The minimum atomic E-state index is -0.115. The van der Waals surface area contributed by atoms with E-state index in [-0.39, 0.29) is 11.6 Å². The van der Waals surface area contributed by atoms with Crippen LogP contribution >= 0.6 is 27.3 Å². The van der Waals surface area contributed by atoms with Crippen LogP contribution in [0.25, 0.3) is 0 Å². The quantitative estimate of drug-likeness (QED) is 0.873. The van der Waals surface area contributed by atoms with Crippen molar-refractivity contribution in [3.63, 3.8) is 0 Å². The second-order valence-electron chi connectivity index (χ2n) is 5.43. The summed E-state index contributed by atoms with van der Waals surface area (Å²) in [6.07, 6.45) is 3.54. The number of hydrogen-bond donors (Lipinski definition) is 1. The predicted molar refractivity (Wildman–Crippen MR) is 89.9 cm³/mol. The van der Waals surface area contributed by atoms with Crippen molar-refractivity contribution in [3.05, 3.63) is 37.1 Å². The predicted octanol–water partition coefficient (Wildman–Crippen LogP) is 3.60. The van der Waals surface area contributed by atoms with Gasteiger partial charge in [0.1, 0.15) is 9.48 Å². The minimum absolute atomic E-state index is 0.0298. The highest BCUT2D eigenvalue weighted by molar-refractivity contribution is 9.10. The van der Waals surface area contributed by atoms with Crippen LogP contribution in [0.1, 0.15) is 36.7 Å². The number of aryl methyl sites for hydroxylation is 1. The van der Waals surface area contributed by atoms with Gasteiger partial charge in [0.25, 0.3) is 5.56 Å². The van der Waals surface area contributed by atoms with Crippen molar-refractivity contribution in [2.24, 2.45) is 5.92 Å². The molecule has 1 unspecified atom stereocenters. The standard InChI is InChI=1S/C14H19BrN4OS/c1-8(2)7-19-14(20)12(15)11(6-17-19)18-10(4)13-16-5-9(3)21-13/h5-6,8,10,18H,7H2,1-4H3. The van der Waals surface area contributed by atoms with Crippen molar-refractivity contribution in [2.75, 3.05) is 5.32 Å². The first-order valence-corrected chi connectivity index (χ1v) is 8.44. The third-order valence-electron chi connectivity index (χ3n) is 2.90. The Labute approximate surface area is 136 Å². The van der Waals surface area contributed by atoms with Crippen LogP contribution in [-0.4, -0.2) is 14.8 Å². The van der Waals surface area contributed by atoms with E-state index < -0.39 is 0 Å². The topological polar surface area (TPSA) is 59.8 Å². The molecule has 114 valence electrons. The zero-order valence-corrected chi connectivity index (χ0v) is 15.0. The van der Waals surface area contributed by atoms with Gasteiger partial charge in [0, 0.05) is 17.6 Å². The fourth-order valence-corrected chi connectivity index (χ4v) is 3.11. The molecule has 0 saturated heterocycles. The molecule has 0 aromatic carbocycles. The molecule has 7 heteroatoms. The molecule has 2 aromatic heterocycles. The Morgan fingerprint density at radius 2 is 2.10 bits per heavy atom. The molecular formula is C14H19BrN4OS. The van der Waals surface area contributed by atoms with E-state index in [2.05, 4.69) is 45.2 Å². The van der Waals surface area contributed by atoms with Crippen LogP contribution < -0.4 is 10.9 Å². The van der Waals surface area contributed by atoms with Crippen LogP contribution in [0.2, 0.25) is 0 Å². The number of rotatable bonds is 5. The van der Waals surface area contributed by atoms with Gasteiger partial charge in [-0.15, -0.1) is 11.3 Å². The van der Waals surface area contributed by atoms with Gasteiger partial charge in [-0.25, -0.2) is 9.67 Å². The molecule has 1 N–H and O–H groups in total. The molecule has 0 aliphatic carbocycles. The average molecular weight is 371 g/mol. The number of halogens is 1. The van der Waals surface area contributed by atoms with E-state index in [9.17, 15) is 4.79 Å². The highest BCUT2D eigenvalue weighted by Gasteiger charge is 2.14. The molecule has 21 heavy (non-hydrogen) atoms. The second kappa shape index (κ2) is 6.70. The van der Waals surface area contributed by atoms with Crippen LogP contribution in [0.3, 0.4) is 0 Å². The lowest BCUT2D eigenvalue weighted by atomic mass is 10.2. The first kappa shape index (κ1) is 16.2. The fraction of sp³-hybridized carbons (Fsp3) is 0.500. The maximum absolute atomic E-state index is 12.2. The number of nitrogens with zero attached hydrogens (tertiary/aromatic N) is 3. The fourth-order valence-electron chi connectivity index (χ4n) is 1.91. The van der Waals surface area contributed by atoms with E-state index in [0.717, 1.165) is 5.01 Å². The van der Waals surface area contributed by atoms with E-state index in [1.54, 1.807) is 17.5 Å². The molecule has 0 spiro atoms. The lowest BCUT2D eigenvalue weighted by Gasteiger charge is -2.15. The maximum Gasteiger partial charge on any atom is 0.283 e. The molecule has 0 fully saturated rings. The van der Waals surface area contributed by atoms with Gasteiger partial charge < -0.3 is 5.32 Å². The van der Waals surface area contributed by atoms with Crippen LogP contribution in [-0.2, 0) is 6.54 Å². The first-order chi connectivity index (χ1) is 9.88. The van der Waals surface area contributed by atoms with Crippen LogP contribution in [0, 0.1) is 12.8 Å². The first-order valence-electron chi connectivity index (χ1n) is 6.83. The van der Waals surface area contributed by atoms with Crippen molar-refractivity contribution < 1.29 is 0 Å². The van der Waals surface area contributed by atoms with E-state index in [1.807, 2.05) is 20.0 Å². The Hall–Kier alpha value is -1.21. The number of hydrogen-bond acceptors (Lipinski definition) is 5. The van der Waals surface area contributed by atoms with Crippen molar-refractivity contribution in [1.82, 2.24) is 14.8 Å². The molecule has 0 saturated carbocycles. The van der Waals surface area contributed by atoms with Gasteiger partial charge in [0.05, 0.1) is 17.9 Å². The van der Waals surface area contributed by atoms with Gasteiger partial charge in [-0.2, -0.15) is 5.10 Å². The Kier molecular flexibility index (Phi) is 5.16. The van der Waals surface area contributed by atoms with Crippen molar-refractivity contribution in [1.29, 1.82) is 0 Å². The van der Waals surface area contributed by atoms with Gasteiger partial charge in [-0.3, -0.25) is 4.79 Å². The third kappa shape index (κ3) is 3.91. The van der Waals surface area contributed by atoms with Crippen molar-refractivity contribution in [2.45, 2.75) is 40.3 Å². The number of aromatic nitrogens is 3. The summed E-state index contributed by atoms with van der Waals surface area (Å²) in [6.45, 7) is 8.77. The molecule has 2 rings (SSSR count). The maximum atomic E-state index is 12.2. The van der Waals surface area contributed by atoms with Gasteiger partial charge in [-0.1, -0.05) is 13.8 Å². The summed E-state index contributed by atoms with van der Waals surface area (Å²) < 4.78 is 2.00. The number of nitrogens with one attached hydrogen (secondary N) is 1. The average Bonchev–Trinajstić information content (AvgIpc) is 2.84. The molecule has 0 amide bonds. The van der Waals surface area contributed by atoms with Crippen molar-refractivity contribution >= 4 is 33.0 Å². The Balaban J connectivity index is 2.21. The summed E-state index contributed by atoms with van der Waals surface area (Å²) >= 11 is 5.02. The Morgan fingerprint density at radius 1 is 1.38 bits per heavy atom. The monoisotopic (exact) mass is 370 g/mol. The van der Waals surface area contributed by atoms with E-state index in [4.69, 9.17) is 0 Å². The summed E-state index contributed by atoms with van der Waals surface area (Å²) in [4.78, 5) is 17.8. The molecule has 0 aliphatic heterocycles. The summed E-state index contributed by atoms with van der Waals surface area (Å²) in [5, 5.41) is 8.50. The summed E-state index contributed by atoms with van der Waals surface area (Å²) in [7, 11) is 0. The lowest BCUT2D eigenvalue weighted by molar-refractivity contribution is 0.462. The zero-order chi connectivity index (χ0) is 15.6. The second-order valence-corrected chi connectivity index (χ2v) is 7.49. The smallest absolute Gasteiger partial charge is 0.283 e. The molecule has 0 bridgehead atoms. The largest absolute Gasteiger partial charge is 0.374 e. The third-order valence-corrected chi connectivity index (χ3v) is 4.77. The van der Waals surface area contributed by atoms with Gasteiger partial charge in [0.15, 0.2) is 0 Å². The highest BCUT2D eigenvalue weighted by atomic mass is 79.9. The molecule has 2 aromatic rings. The van der Waals surface area contributed by atoms with E-state index in [0.29, 0.717) is 22.6 Å². The summed E-state index contributed by atoms with van der Waals surface area (Å²) in [5.74, 6) is 0.373. The van der Waals surface area contributed by atoms with Crippen LogP contribution in [0.5, 0.6) is 0 Å². The van der Waals surface area contributed by atoms with E-state index >= 15 is 0 Å². The lowest BCUT2D eigenvalue weighted by Crippen LogP contribution is -2.26. The highest BCUT2D eigenvalue weighted by Crippen LogP contribution is 2.25. The molecule has 0 radical (unpaired) electrons. The van der Waals surface area contributed by atoms with Crippen LogP contribution in [0.15, 0.2) is 21.7 Å². The number of thiazole rings is 1. The van der Waals surface area contributed by atoms with Crippen molar-refractivity contribution in [3.8, 4) is 0 Å². The SMILES string of the molecule is Cc1cnc(C(C)Nc2cnn(CC(C)C)c(=O)c2Br)s1. The molecule has 5 nitrogen and oxygen atoms in total. The zero-order valence-electron chi connectivity index (χ0n) is 12.6. The molecule has 0 aliphatic rings.